The number of nitrogens with one attached hydrogen (secondary N) is 1. The van der Waals surface area contributed by atoms with Crippen molar-refractivity contribution in [3.8, 4) is 0 Å². The fraction of sp³-hybridized carbons (Fsp3) is 1.00. The van der Waals surface area contributed by atoms with Crippen LogP contribution in [0.2, 0.25) is 0 Å². The fourth-order valence-corrected chi connectivity index (χ4v) is 3.97. The maximum absolute atomic E-state index is 3.75. The molecule has 3 unspecified atom stereocenters. The van der Waals surface area contributed by atoms with Gasteiger partial charge in [0.15, 0.2) is 0 Å². The standard InChI is InChI=1S/C17H34N2/c1-4-5-6-7-8-9-14(2)19(3)17-12-15-10-11-16(13-17)18-15/h14-18H,4-13H2,1-3H3. The first-order valence-electron chi connectivity index (χ1n) is 8.68. The van der Waals surface area contributed by atoms with Crippen LogP contribution in [0.3, 0.4) is 0 Å². The third kappa shape index (κ3) is 4.46. The van der Waals surface area contributed by atoms with Gasteiger partial charge in [-0.15, -0.1) is 0 Å². The molecule has 2 heteroatoms. The highest BCUT2D eigenvalue weighted by Crippen LogP contribution is 2.30. The Morgan fingerprint density at radius 1 is 1.05 bits per heavy atom. The Balaban J connectivity index is 1.65. The summed E-state index contributed by atoms with van der Waals surface area (Å²) < 4.78 is 0. The molecule has 2 aliphatic heterocycles. The Hall–Kier alpha value is -0.0800. The topological polar surface area (TPSA) is 15.3 Å². The van der Waals surface area contributed by atoms with E-state index >= 15 is 0 Å². The van der Waals surface area contributed by atoms with Crippen molar-refractivity contribution in [2.24, 2.45) is 0 Å². The first kappa shape index (κ1) is 15.3. The summed E-state index contributed by atoms with van der Waals surface area (Å²) in [5.74, 6) is 0. The molecule has 0 spiro atoms. The van der Waals surface area contributed by atoms with Gasteiger partial charge in [0, 0.05) is 24.2 Å². The van der Waals surface area contributed by atoms with Gasteiger partial charge in [0.1, 0.15) is 0 Å². The summed E-state index contributed by atoms with van der Waals surface area (Å²) in [4.78, 5) is 2.69. The lowest BCUT2D eigenvalue weighted by Crippen LogP contribution is -2.49. The van der Waals surface area contributed by atoms with Gasteiger partial charge in [0.2, 0.25) is 0 Å². The third-order valence-electron chi connectivity index (χ3n) is 5.44. The zero-order chi connectivity index (χ0) is 13.7. The number of rotatable bonds is 8. The van der Waals surface area contributed by atoms with Crippen LogP contribution in [0.1, 0.15) is 78.1 Å². The molecular formula is C17H34N2. The molecule has 2 bridgehead atoms. The van der Waals surface area contributed by atoms with Gasteiger partial charge in [0.25, 0.3) is 0 Å². The molecule has 19 heavy (non-hydrogen) atoms. The molecule has 2 saturated heterocycles. The molecule has 0 aromatic rings. The molecule has 0 aliphatic carbocycles. The average Bonchev–Trinajstić information content (AvgIpc) is 2.76. The fourth-order valence-electron chi connectivity index (χ4n) is 3.97. The number of hydrogen-bond acceptors (Lipinski definition) is 2. The molecule has 112 valence electrons. The summed E-state index contributed by atoms with van der Waals surface area (Å²) in [6.45, 7) is 4.73. The van der Waals surface area contributed by atoms with Crippen molar-refractivity contribution in [1.82, 2.24) is 10.2 Å². The summed E-state index contributed by atoms with van der Waals surface area (Å²) in [5, 5.41) is 3.75. The highest BCUT2D eigenvalue weighted by Gasteiger charge is 2.35. The van der Waals surface area contributed by atoms with E-state index in [1.807, 2.05) is 0 Å². The molecule has 0 aromatic carbocycles. The highest BCUT2D eigenvalue weighted by atomic mass is 15.2. The van der Waals surface area contributed by atoms with Crippen molar-refractivity contribution < 1.29 is 0 Å². The van der Waals surface area contributed by atoms with Crippen LogP contribution in [-0.2, 0) is 0 Å². The SMILES string of the molecule is CCCCCCCC(C)N(C)C1CC2CCC(C1)N2. The molecule has 0 aromatic heterocycles. The van der Waals surface area contributed by atoms with E-state index in [-0.39, 0.29) is 0 Å². The van der Waals surface area contributed by atoms with Crippen molar-refractivity contribution in [2.75, 3.05) is 7.05 Å². The smallest absolute Gasteiger partial charge is 0.0125 e. The second-order valence-corrected chi connectivity index (χ2v) is 6.98. The largest absolute Gasteiger partial charge is 0.311 e. The Morgan fingerprint density at radius 2 is 1.68 bits per heavy atom. The van der Waals surface area contributed by atoms with Gasteiger partial charge in [0.05, 0.1) is 0 Å². The Bertz CT molecular complexity index is 242. The van der Waals surface area contributed by atoms with Crippen LogP contribution in [0, 0.1) is 0 Å². The van der Waals surface area contributed by atoms with E-state index in [1.54, 1.807) is 0 Å². The van der Waals surface area contributed by atoms with Crippen LogP contribution in [0.5, 0.6) is 0 Å². The third-order valence-corrected chi connectivity index (χ3v) is 5.44. The van der Waals surface area contributed by atoms with E-state index in [0.717, 1.165) is 24.2 Å². The lowest BCUT2D eigenvalue weighted by molar-refractivity contribution is 0.126. The molecule has 3 atom stereocenters. The predicted molar refractivity (Wildman–Crippen MR) is 83.6 cm³/mol. The van der Waals surface area contributed by atoms with Crippen LogP contribution >= 0.6 is 0 Å². The van der Waals surface area contributed by atoms with Gasteiger partial charge in [-0.2, -0.15) is 0 Å². The first-order chi connectivity index (χ1) is 9.20. The second kappa shape index (κ2) is 7.64. The quantitative estimate of drug-likeness (QED) is 0.669. The highest BCUT2D eigenvalue weighted by molar-refractivity contribution is 4.95. The molecule has 0 saturated carbocycles. The van der Waals surface area contributed by atoms with E-state index < -0.39 is 0 Å². The van der Waals surface area contributed by atoms with Crippen LogP contribution in [0.15, 0.2) is 0 Å². The zero-order valence-electron chi connectivity index (χ0n) is 13.3. The summed E-state index contributed by atoms with van der Waals surface area (Å²) in [7, 11) is 2.37. The van der Waals surface area contributed by atoms with E-state index in [9.17, 15) is 0 Å². The summed E-state index contributed by atoms with van der Waals surface area (Å²) in [6, 6.07) is 3.25. The minimum Gasteiger partial charge on any atom is -0.311 e. The average molecular weight is 266 g/mol. The van der Waals surface area contributed by atoms with Crippen LogP contribution < -0.4 is 5.32 Å². The van der Waals surface area contributed by atoms with E-state index in [0.29, 0.717) is 0 Å². The Kier molecular flexibility index (Phi) is 6.15. The van der Waals surface area contributed by atoms with Gasteiger partial charge in [-0.05, 0) is 46.1 Å². The number of unbranched alkanes of at least 4 members (excludes halogenated alkanes) is 4. The van der Waals surface area contributed by atoms with Gasteiger partial charge in [-0.25, -0.2) is 0 Å². The van der Waals surface area contributed by atoms with Crippen LogP contribution in [0.4, 0.5) is 0 Å². The number of hydrogen-bond donors (Lipinski definition) is 1. The van der Waals surface area contributed by atoms with Crippen molar-refractivity contribution in [3.63, 3.8) is 0 Å². The second-order valence-electron chi connectivity index (χ2n) is 6.98. The molecule has 2 aliphatic rings. The lowest BCUT2D eigenvalue weighted by Gasteiger charge is -2.39. The maximum Gasteiger partial charge on any atom is 0.0125 e. The molecule has 0 radical (unpaired) electrons. The molecule has 2 nitrogen and oxygen atoms in total. The van der Waals surface area contributed by atoms with Crippen LogP contribution in [-0.4, -0.2) is 36.1 Å². The molecule has 2 heterocycles. The lowest BCUT2D eigenvalue weighted by atomic mass is 9.96. The minimum absolute atomic E-state index is 0.768. The molecular weight excluding hydrogens is 232 g/mol. The maximum atomic E-state index is 3.75. The first-order valence-corrected chi connectivity index (χ1v) is 8.68. The van der Waals surface area contributed by atoms with E-state index in [1.165, 1.54) is 64.2 Å². The molecule has 2 rings (SSSR count). The van der Waals surface area contributed by atoms with E-state index in [4.69, 9.17) is 0 Å². The minimum atomic E-state index is 0.768. The van der Waals surface area contributed by atoms with Crippen molar-refractivity contribution in [1.29, 1.82) is 0 Å². The van der Waals surface area contributed by atoms with Gasteiger partial charge >= 0.3 is 0 Å². The number of piperidine rings is 1. The van der Waals surface area contributed by atoms with Crippen molar-refractivity contribution >= 4 is 0 Å². The monoisotopic (exact) mass is 266 g/mol. The molecule has 2 fully saturated rings. The number of fused-ring (bicyclic) bond motifs is 2. The molecule has 0 amide bonds. The van der Waals surface area contributed by atoms with E-state index in [2.05, 4.69) is 31.1 Å². The Morgan fingerprint density at radius 3 is 2.32 bits per heavy atom. The molecule has 1 N–H and O–H groups in total. The van der Waals surface area contributed by atoms with Crippen molar-refractivity contribution in [2.45, 2.75) is 102 Å². The van der Waals surface area contributed by atoms with Gasteiger partial charge in [-0.1, -0.05) is 39.0 Å². The normalized spacial score (nSPS) is 31.9. The zero-order valence-corrected chi connectivity index (χ0v) is 13.3. The Labute approximate surface area is 120 Å². The van der Waals surface area contributed by atoms with Gasteiger partial charge in [-0.3, -0.25) is 0 Å². The summed E-state index contributed by atoms with van der Waals surface area (Å²) in [5.41, 5.74) is 0. The van der Waals surface area contributed by atoms with Crippen molar-refractivity contribution in [3.05, 3.63) is 0 Å². The number of nitrogens with zero attached hydrogens (tertiary/aromatic N) is 1. The summed E-state index contributed by atoms with van der Waals surface area (Å²) in [6.07, 6.45) is 14.0. The van der Waals surface area contributed by atoms with Crippen LogP contribution in [0.25, 0.3) is 0 Å². The summed E-state index contributed by atoms with van der Waals surface area (Å²) >= 11 is 0. The predicted octanol–water partition coefficient (Wildman–Crippen LogP) is 3.95. The van der Waals surface area contributed by atoms with Gasteiger partial charge < -0.3 is 10.2 Å².